The lowest BCUT2D eigenvalue weighted by atomic mass is 9.86. The molecular weight excluding hydrogens is 248 g/mol. The number of rotatable bonds is 4. The Hall–Kier alpha value is -1.53. The monoisotopic (exact) mass is 272 g/mol. The van der Waals surface area contributed by atoms with Crippen LogP contribution in [0.25, 0.3) is 0 Å². The van der Waals surface area contributed by atoms with Crippen molar-refractivity contribution in [3.63, 3.8) is 0 Å². The lowest BCUT2D eigenvalue weighted by molar-refractivity contribution is 0.235. The van der Waals surface area contributed by atoms with Gasteiger partial charge in [0.05, 0.1) is 6.07 Å². The molecule has 20 heavy (non-hydrogen) atoms. The number of nitrogens with two attached hydrogens (primary N) is 1. The summed E-state index contributed by atoms with van der Waals surface area (Å²) in [6.45, 7) is 8.87. The van der Waals surface area contributed by atoms with Gasteiger partial charge in [-0.2, -0.15) is 5.26 Å². The Labute approximate surface area is 121 Å². The third-order valence-electron chi connectivity index (χ3n) is 4.02. The molecule has 1 aliphatic carbocycles. The minimum absolute atomic E-state index is 0.127. The Balaban J connectivity index is 2.09. The second-order valence-electron chi connectivity index (χ2n) is 6.95. The number of benzene rings is 1. The number of nitriles is 1. The molecule has 0 saturated heterocycles. The standard InChI is InChI=1S/C17H24N2O/c1-12-9-14(16(2,3)4)7-8-15(12)20-11-17(19,10-18)13-5-6-13/h7-9,13H,5-6,11,19H2,1-4H3. The van der Waals surface area contributed by atoms with Crippen molar-refractivity contribution in [2.24, 2.45) is 11.7 Å². The Morgan fingerprint density at radius 3 is 2.45 bits per heavy atom. The Kier molecular flexibility index (Phi) is 3.80. The quantitative estimate of drug-likeness (QED) is 0.914. The Morgan fingerprint density at radius 1 is 1.35 bits per heavy atom. The molecule has 1 aliphatic rings. The van der Waals surface area contributed by atoms with Crippen LogP contribution in [-0.4, -0.2) is 12.1 Å². The van der Waals surface area contributed by atoms with Crippen molar-refractivity contribution in [3.05, 3.63) is 29.3 Å². The second kappa shape index (κ2) is 5.10. The first kappa shape index (κ1) is 14.9. The maximum absolute atomic E-state index is 9.24. The van der Waals surface area contributed by atoms with Crippen LogP contribution in [-0.2, 0) is 5.41 Å². The highest BCUT2D eigenvalue weighted by atomic mass is 16.5. The van der Waals surface area contributed by atoms with Crippen LogP contribution < -0.4 is 10.5 Å². The summed E-state index contributed by atoms with van der Waals surface area (Å²) in [4.78, 5) is 0. The van der Waals surface area contributed by atoms with E-state index in [-0.39, 0.29) is 12.0 Å². The van der Waals surface area contributed by atoms with Crippen molar-refractivity contribution in [1.29, 1.82) is 5.26 Å². The summed E-state index contributed by atoms with van der Waals surface area (Å²) < 4.78 is 5.81. The van der Waals surface area contributed by atoms with Gasteiger partial charge in [-0.15, -0.1) is 0 Å². The molecule has 1 saturated carbocycles. The van der Waals surface area contributed by atoms with E-state index in [0.29, 0.717) is 5.92 Å². The average molecular weight is 272 g/mol. The molecule has 2 rings (SSSR count). The molecule has 0 bridgehead atoms. The van der Waals surface area contributed by atoms with Crippen LogP contribution in [0.2, 0.25) is 0 Å². The predicted octanol–water partition coefficient (Wildman–Crippen LogP) is 3.30. The lowest BCUT2D eigenvalue weighted by Gasteiger charge is -2.24. The van der Waals surface area contributed by atoms with Gasteiger partial charge in [0.1, 0.15) is 17.9 Å². The number of aryl methyl sites for hydroxylation is 1. The molecular formula is C17H24N2O. The molecule has 0 amide bonds. The average Bonchev–Trinajstić information content (AvgIpc) is 3.20. The van der Waals surface area contributed by atoms with Crippen LogP contribution in [0.15, 0.2) is 18.2 Å². The Bertz CT molecular complexity index is 535. The van der Waals surface area contributed by atoms with E-state index in [0.717, 1.165) is 24.2 Å². The number of hydrogen-bond donors (Lipinski definition) is 1. The fraction of sp³-hybridized carbons (Fsp3) is 0.588. The van der Waals surface area contributed by atoms with E-state index >= 15 is 0 Å². The number of ether oxygens (including phenoxy) is 1. The second-order valence-corrected chi connectivity index (χ2v) is 6.95. The van der Waals surface area contributed by atoms with Gasteiger partial charge in [-0.25, -0.2) is 0 Å². The van der Waals surface area contributed by atoms with E-state index in [2.05, 4.69) is 39.0 Å². The third kappa shape index (κ3) is 3.13. The molecule has 3 heteroatoms. The van der Waals surface area contributed by atoms with Gasteiger partial charge in [-0.05, 0) is 48.3 Å². The van der Waals surface area contributed by atoms with E-state index in [9.17, 15) is 5.26 Å². The fourth-order valence-electron chi connectivity index (χ4n) is 2.31. The van der Waals surface area contributed by atoms with Gasteiger partial charge in [0.15, 0.2) is 0 Å². The van der Waals surface area contributed by atoms with Crippen LogP contribution >= 0.6 is 0 Å². The summed E-state index contributed by atoms with van der Waals surface area (Å²) in [6.07, 6.45) is 2.07. The van der Waals surface area contributed by atoms with Gasteiger partial charge in [0.25, 0.3) is 0 Å². The van der Waals surface area contributed by atoms with Crippen LogP contribution in [0.1, 0.15) is 44.7 Å². The molecule has 0 heterocycles. The SMILES string of the molecule is Cc1cc(C(C)(C)C)ccc1OCC(N)(C#N)C1CC1. The van der Waals surface area contributed by atoms with E-state index in [4.69, 9.17) is 10.5 Å². The zero-order valence-corrected chi connectivity index (χ0v) is 12.9. The van der Waals surface area contributed by atoms with E-state index in [1.165, 1.54) is 5.56 Å². The first-order valence-corrected chi connectivity index (χ1v) is 7.20. The van der Waals surface area contributed by atoms with Crippen molar-refractivity contribution in [1.82, 2.24) is 0 Å². The molecule has 1 unspecified atom stereocenters. The summed E-state index contributed by atoms with van der Waals surface area (Å²) in [6, 6.07) is 8.44. The zero-order valence-electron chi connectivity index (χ0n) is 12.9. The van der Waals surface area contributed by atoms with Crippen LogP contribution in [0, 0.1) is 24.2 Å². The van der Waals surface area contributed by atoms with E-state index < -0.39 is 5.54 Å². The first-order valence-electron chi connectivity index (χ1n) is 7.20. The molecule has 1 aromatic carbocycles. The molecule has 0 spiro atoms. The van der Waals surface area contributed by atoms with Crippen molar-refractivity contribution in [2.75, 3.05) is 6.61 Å². The number of hydrogen-bond acceptors (Lipinski definition) is 3. The van der Waals surface area contributed by atoms with Crippen molar-refractivity contribution in [3.8, 4) is 11.8 Å². The molecule has 1 fully saturated rings. The summed E-state index contributed by atoms with van der Waals surface area (Å²) >= 11 is 0. The molecule has 1 atom stereocenters. The summed E-state index contributed by atoms with van der Waals surface area (Å²) in [5.41, 5.74) is 7.77. The Morgan fingerprint density at radius 2 is 2.00 bits per heavy atom. The fourth-order valence-corrected chi connectivity index (χ4v) is 2.31. The van der Waals surface area contributed by atoms with Crippen molar-refractivity contribution in [2.45, 2.75) is 51.5 Å². The minimum atomic E-state index is -0.838. The maximum Gasteiger partial charge on any atom is 0.141 e. The molecule has 0 aromatic heterocycles. The van der Waals surface area contributed by atoms with Gasteiger partial charge in [0, 0.05) is 0 Å². The van der Waals surface area contributed by atoms with E-state index in [1.54, 1.807) is 0 Å². The van der Waals surface area contributed by atoms with Gasteiger partial charge in [-0.1, -0.05) is 32.9 Å². The zero-order chi connectivity index (χ0) is 15.0. The molecule has 0 radical (unpaired) electrons. The van der Waals surface area contributed by atoms with Crippen LogP contribution in [0.5, 0.6) is 5.75 Å². The smallest absolute Gasteiger partial charge is 0.141 e. The summed E-state index contributed by atoms with van der Waals surface area (Å²) in [5.74, 6) is 1.12. The maximum atomic E-state index is 9.24. The van der Waals surface area contributed by atoms with Gasteiger partial charge < -0.3 is 10.5 Å². The largest absolute Gasteiger partial charge is 0.490 e. The topological polar surface area (TPSA) is 59.0 Å². The highest BCUT2D eigenvalue weighted by molar-refractivity contribution is 5.39. The predicted molar refractivity (Wildman–Crippen MR) is 80.6 cm³/mol. The molecule has 3 nitrogen and oxygen atoms in total. The molecule has 108 valence electrons. The van der Waals surface area contributed by atoms with Gasteiger partial charge in [0.2, 0.25) is 0 Å². The van der Waals surface area contributed by atoms with E-state index in [1.807, 2.05) is 13.0 Å². The van der Waals surface area contributed by atoms with Crippen LogP contribution in [0.3, 0.4) is 0 Å². The highest BCUT2D eigenvalue weighted by Crippen LogP contribution is 2.38. The third-order valence-corrected chi connectivity index (χ3v) is 4.02. The van der Waals surface area contributed by atoms with Gasteiger partial charge >= 0.3 is 0 Å². The van der Waals surface area contributed by atoms with Crippen molar-refractivity contribution >= 4 is 0 Å². The minimum Gasteiger partial charge on any atom is -0.490 e. The highest BCUT2D eigenvalue weighted by Gasteiger charge is 2.43. The molecule has 0 aliphatic heterocycles. The molecule has 1 aromatic rings. The summed E-state index contributed by atoms with van der Waals surface area (Å²) in [7, 11) is 0. The number of nitrogens with zero attached hydrogens (tertiary/aromatic N) is 1. The van der Waals surface area contributed by atoms with Crippen LogP contribution in [0.4, 0.5) is 0 Å². The first-order chi connectivity index (χ1) is 9.26. The normalized spacial score (nSPS) is 18.2. The lowest BCUT2D eigenvalue weighted by Crippen LogP contribution is -2.46. The molecule has 2 N–H and O–H groups in total. The van der Waals surface area contributed by atoms with Gasteiger partial charge in [-0.3, -0.25) is 0 Å². The summed E-state index contributed by atoms with van der Waals surface area (Å²) in [5, 5.41) is 9.24. The van der Waals surface area contributed by atoms with Crippen molar-refractivity contribution < 1.29 is 4.74 Å².